The van der Waals surface area contributed by atoms with Gasteiger partial charge in [-0.25, -0.2) is 0 Å². The number of nitrogens with zero attached hydrogens (tertiary/aromatic N) is 2. The number of nitro benzene ring substituents is 1. The Morgan fingerprint density at radius 1 is 1.41 bits per heavy atom. The van der Waals surface area contributed by atoms with Gasteiger partial charge in [-0.15, -0.1) is 0 Å². The number of hydrazone groups is 1. The number of rotatable bonds is 5. The van der Waals surface area contributed by atoms with Crippen molar-refractivity contribution in [1.82, 2.24) is 0 Å². The lowest BCUT2D eigenvalue weighted by atomic mass is 10.2. The third-order valence-corrected chi connectivity index (χ3v) is 3.18. The average Bonchev–Trinajstić information content (AvgIpc) is 2.52. The zero-order valence-corrected chi connectivity index (χ0v) is 12.2. The minimum absolute atomic E-state index is 0.0414. The molecule has 0 aliphatic heterocycles. The highest BCUT2D eigenvalue weighted by Gasteiger charge is 2.10. The number of methoxy groups -OCH3 is 1. The topological polar surface area (TPSA) is 97.0 Å². The average molecular weight is 322 g/mol. The van der Waals surface area contributed by atoms with Crippen LogP contribution in [0.3, 0.4) is 0 Å². The molecule has 0 fully saturated rings. The Kier molecular flexibility index (Phi) is 4.80. The van der Waals surface area contributed by atoms with Crippen LogP contribution in [0.1, 0.15) is 5.56 Å². The highest BCUT2D eigenvalue weighted by Crippen LogP contribution is 2.35. The first kappa shape index (κ1) is 15.6. The van der Waals surface area contributed by atoms with Gasteiger partial charge in [0.1, 0.15) is 0 Å². The summed E-state index contributed by atoms with van der Waals surface area (Å²) in [5.74, 6) is 0.0808. The summed E-state index contributed by atoms with van der Waals surface area (Å²) in [4.78, 5) is 10.2. The molecule has 22 heavy (non-hydrogen) atoms. The molecule has 114 valence electrons. The number of hydrogen-bond donors (Lipinski definition) is 2. The monoisotopic (exact) mass is 321 g/mol. The Morgan fingerprint density at radius 2 is 2.18 bits per heavy atom. The summed E-state index contributed by atoms with van der Waals surface area (Å²) in [7, 11) is 1.42. The first-order valence-electron chi connectivity index (χ1n) is 6.12. The summed E-state index contributed by atoms with van der Waals surface area (Å²) in [6.07, 6.45) is 1.39. The van der Waals surface area contributed by atoms with Gasteiger partial charge in [-0.3, -0.25) is 15.5 Å². The van der Waals surface area contributed by atoms with E-state index in [2.05, 4.69) is 10.5 Å². The van der Waals surface area contributed by atoms with E-state index in [1.807, 2.05) is 0 Å². The fourth-order valence-electron chi connectivity index (χ4n) is 1.69. The van der Waals surface area contributed by atoms with Gasteiger partial charge in [0.05, 0.1) is 29.0 Å². The lowest BCUT2D eigenvalue weighted by Crippen LogP contribution is -1.94. The normalized spacial score (nSPS) is 10.6. The Hall–Kier alpha value is -2.80. The predicted molar refractivity (Wildman–Crippen MR) is 84.0 cm³/mol. The molecule has 0 bridgehead atoms. The number of ether oxygens (including phenoxy) is 1. The molecule has 0 amide bonds. The molecule has 7 nitrogen and oxygen atoms in total. The van der Waals surface area contributed by atoms with Crippen LogP contribution < -0.4 is 10.2 Å². The minimum atomic E-state index is -0.493. The molecule has 0 aromatic heterocycles. The maximum absolute atomic E-state index is 10.7. The molecule has 0 unspecified atom stereocenters. The van der Waals surface area contributed by atoms with E-state index in [9.17, 15) is 15.2 Å². The van der Waals surface area contributed by atoms with Crippen molar-refractivity contribution in [3.8, 4) is 11.5 Å². The van der Waals surface area contributed by atoms with Crippen molar-refractivity contribution in [2.45, 2.75) is 0 Å². The van der Waals surface area contributed by atoms with E-state index in [0.717, 1.165) is 0 Å². The number of hydrogen-bond acceptors (Lipinski definition) is 6. The number of nitro groups is 1. The van der Waals surface area contributed by atoms with E-state index >= 15 is 0 Å². The van der Waals surface area contributed by atoms with Crippen molar-refractivity contribution in [2.24, 2.45) is 5.10 Å². The van der Waals surface area contributed by atoms with E-state index in [1.54, 1.807) is 24.3 Å². The third-order valence-electron chi connectivity index (χ3n) is 2.78. The standard InChI is InChI=1S/C14H12ClN3O4/c1-22-12-6-5-9(13(15)14(12)19)8-16-17-10-3-2-4-11(7-10)18(20)21/h2-8,17,19H,1H3. The summed E-state index contributed by atoms with van der Waals surface area (Å²) in [6, 6.07) is 9.09. The second-order valence-corrected chi connectivity index (χ2v) is 4.58. The summed E-state index contributed by atoms with van der Waals surface area (Å²) in [5, 5.41) is 24.5. The zero-order chi connectivity index (χ0) is 16.1. The molecule has 2 aromatic rings. The van der Waals surface area contributed by atoms with Crippen LogP contribution in [0.4, 0.5) is 11.4 Å². The van der Waals surface area contributed by atoms with Crippen LogP contribution in [0.15, 0.2) is 41.5 Å². The fraction of sp³-hybridized carbons (Fsp3) is 0.0714. The molecule has 0 spiro atoms. The molecule has 0 saturated carbocycles. The van der Waals surface area contributed by atoms with Crippen LogP contribution in [0.5, 0.6) is 11.5 Å². The second kappa shape index (κ2) is 6.77. The number of aromatic hydroxyl groups is 1. The smallest absolute Gasteiger partial charge is 0.271 e. The summed E-state index contributed by atoms with van der Waals surface area (Å²) >= 11 is 5.99. The maximum atomic E-state index is 10.7. The SMILES string of the molecule is COc1ccc(C=NNc2cccc([N+](=O)[O-])c2)c(Cl)c1O. The Labute approximate surface area is 130 Å². The predicted octanol–water partition coefficient (Wildman–Crippen LogP) is 3.41. The highest BCUT2D eigenvalue weighted by atomic mass is 35.5. The largest absolute Gasteiger partial charge is 0.503 e. The zero-order valence-electron chi connectivity index (χ0n) is 11.5. The molecule has 0 heterocycles. The van der Waals surface area contributed by atoms with Crippen LogP contribution in [0.2, 0.25) is 5.02 Å². The van der Waals surface area contributed by atoms with E-state index in [1.165, 1.54) is 25.5 Å². The van der Waals surface area contributed by atoms with E-state index < -0.39 is 4.92 Å². The van der Waals surface area contributed by atoms with Crippen molar-refractivity contribution in [1.29, 1.82) is 0 Å². The van der Waals surface area contributed by atoms with Crippen molar-refractivity contribution in [3.63, 3.8) is 0 Å². The first-order chi connectivity index (χ1) is 10.5. The van der Waals surface area contributed by atoms with Gasteiger partial charge in [0.2, 0.25) is 0 Å². The van der Waals surface area contributed by atoms with Crippen LogP contribution >= 0.6 is 11.6 Å². The van der Waals surface area contributed by atoms with Crippen molar-refractivity contribution in [2.75, 3.05) is 12.5 Å². The van der Waals surface area contributed by atoms with Gasteiger partial charge in [0.15, 0.2) is 11.5 Å². The van der Waals surface area contributed by atoms with Gasteiger partial charge in [0, 0.05) is 17.7 Å². The lowest BCUT2D eigenvalue weighted by molar-refractivity contribution is -0.384. The Balaban J connectivity index is 2.15. The molecule has 2 rings (SSSR count). The molecule has 8 heteroatoms. The first-order valence-corrected chi connectivity index (χ1v) is 6.49. The number of non-ortho nitro benzene ring substituents is 1. The molecule has 0 radical (unpaired) electrons. The number of phenolic OH excluding ortho intramolecular Hbond substituents is 1. The van der Waals surface area contributed by atoms with Gasteiger partial charge in [-0.05, 0) is 18.2 Å². The van der Waals surface area contributed by atoms with Crippen LogP contribution in [0.25, 0.3) is 0 Å². The number of benzene rings is 2. The Morgan fingerprint density at radius 3 is 2.86 bits per heavy atom. The quantitative estimate of drug-likeness (QED) is 0.499. The molecule has 0 saturated heterocycles. The van der Waals surface area contributed by atoms with E-state index in [-0.39, 0.29) is 22.2 Å². The number of anilines is 1. The van der Waals surface area contributed by atoms with Gasteiger partial charge >= 0.3 is 0 Å². The third kappa shape index (κ3) is 3.44. The van der Waals surface area contributed by atoms with Crippen molar-refractivity contribution < 1.29 is 14.8 Å². The van der Waals surface area contributed by atoms with E-state index in [0.29, 0.717) is 11.3 Å². The highest BCUT2D eigenvalue weighted by molar-refractivity contribution is 6.34. The number of halogens is 1. The van der Waals surface area contributed by atoms with Crippen LogP contribution in [-0.4, -0.2) is 23.4 Å². The van der Waals surface area contributed by atoms with Crippen LogP contribution in [-0.2, 0) is 0 Å². The lowest BCUT2D eigenvalue weighted by Gasteiger charge is -2.06. The van der Waals surface area contributed by atoms with Gasteiger partial charge in [-0.1, -0.05) is 17.7 Å². The summed E-state index contributed by atoms with van der Waals surface area (Å²) in [5.41, 5.74) is 3.54. The van der Waals surface area contributed by atoms with Gasteiger partial charge < -0.3 is 9.84 Å². The molecular formula is C14H12ClN3O4. The molecule has 0 aliphatic carbocycles. The van der Waals surface area contributed by atoms with Crippen molar-refractivity contribution >= 4 is 29.2 Å². The molecule has 2 aromatic carbocycles. The minimum Gasteiger partial charge on any atom is -0.503 e. The number of nitrogens with one attached hydrogen (secondary N) is 1. The Bertz CT molecular complexity index is 734. The maximum Gasteiger partial charge on any atom is 0.271 e. The number of phenols is 1. The second-order valence-electron chi connectivity index (χ2n) is 4.20. The van der Waals surface area contributed by atoms with Crippen molar-refractivity contribution in [3.05, 3.63) is 57.1 Å². The molecule has 0 aliphatic rings. The molecular weight excluding hydrogens is 310 g/mol. The van der Waals surface area contributed by atoms with Crippen LogP contribution in [0, 0.1) is 10.1 Å². The van der Waals surface area contributed by atoms with Gasteiger partial charge in [0.25, 0.3) is 5.69 Å². The fourth-order valence-corrected chi connectivity index (χ4v) is 1.90. The molecule has 2 N–H and O–H groups in total. The summed E-state index contributed by atoms with van der Waals surface area (Å²) in [6.45, 7) is 0. The van der Waals surface area contributed by atoms with Gasteiger partial charge in [-0.2, -0.15) is 5.10 Å². The van der Waals surface area contributed by atoms with E-state index in [4.69, 9.17) is 16.3 Å². The summed E-state index contributed by atoms with van der Waals surface area (Å²) < 4.78 is 4.93. The molecule has 0 atom stereocenters.